The molecule has 0 aliphatic carbocycles. The molecule has 110 valence electrons. The summed E-state index contributed by atoms with van der Waals surface area (Å²) in [5.41, 5.74) is 5.89. The zero-order chi connectivity index (χ0) is 15.5. The molecule has 0 aliphatic heterocycles. The molecule has 0 saturated heterocycles. The molecule has 0 fully saturated rings. The lowest BCUT2D eigenvalue weighted by molar-refractivity contribution is -0.120. The van der Waals surface area contributed by atoms with Crippen molar-refractivity contribution in [3.05, 3.63) is 54.1 Å². The van der Waals surface area contributed by atoms with E-state index in [0.717, 1.165) is 0 Å². The van der Waals surface area contributed by atoms with Crippen LogP contribution in [0.3, 0.4) is 0 Å². The third-order valence-electron chi connectivity index (χ3n) is 3.30. The Labute approximate surface area is 123 Å². The monoisotopic (exact) mass is 286 g/mol. The van der Waals surface area contributed by atoms with E-state index in [1.807, 2.05) is 18.2 Å². The van der Waals surface area contributed by atoms with E-state index in [2.05, 4.69) is 5.32 Å². The van der Waals surface area contributed by atoms with Crippen LogP contribution in [-0.2, 0) is 10.3 Å². The summed E-state index contributed by atoms with van der Waals surface area (Å²) in [6, 6.07) is 13.7. The van der Waals surface area contributed by atoms with Gasteiger partial charge in [-0.05, 0) is 24.6 Å². The highest BCUT2D eigenvalue weighted by atomic mass is 16.5. The van der Waals surface area contributed by atoms with Crippen LogP contribution < -0.4 is 15.8 Å². The maximum Gasteiger partial charge on any atom is 0.248 e. The van der Waals surface area contributed by atoms with Gasteiger partial charge < -0.3 is 20.9 Å². The van der Waals surface area contributed by atoms with Crippen LogP contribution >= 0.6 is 0 Å². The molecule has 1 amide bonds. The van der Waals surface area contributed by atoms with Crippen molar-refractivity contribution in [2.24, 2.45) is 5.73 Å². The van der Waals surface area contributed by atoms with Crippen molar-refractivity contribution >= 4 is 11.6 Å². The first-order valence-electron chi connectivity index (χ1n) is 6.48. The number of ether oxygens (including phenoxy) is 1. The topological polar surface area (TPSA) is 84.6 Å². The molecule has 5 heteroatoms. The zero-order valence-electron chi connectivity index (χ0n) is 12.0. The van der Waals surface area contributed by atoms with Crippen molar-refractivity contribution in [3.63, 3.8) is 0 Å². The number of phenolic OH excluding ortho intramolecular Hbond substituents is 1. The third-order valence-corrected chi connectivity index (χ3v) is 3.30. The summed E-state index contributed by atoms with van der Waals surface area (Å²) in [5, 5.41) is 12.5. The molecule has 21 heavy (non-hydrogen) atoms. The van der Waals surface area contributed by atoms with E-state index in [9.17, 15) is 9.90 Å². The van der Waals surface area contributed by atoms with E-state index >= 15 is 0 Å². The van der Waals surface area contributed by atoms with Crippen LogP contribution in [0.4, 0.5) is 5.69 Å². The number of amides is 1. The molecule has 0 aliphatic rings. The first-order chi connectivity index (χ1) is 9.95. The SMILES string of the molecule is COc1ccc(NC(=O)C(C)(N)c2ccccc2)c(O)c1. The quantitative estimate of drug-likeness (QED) is 0.752. The van der Waals surface area contributed by atoms with Gasteiger partial charge in [-0.2, -0.15) is 0 Å². The molecule has 1 atom stereocenters. The number of benzene rings is 2. The lowest BCUT2D eigenvalue weighted by atomic mass is 9.92. The highest BCUT2D eigenvalue weighted by Crippen LogP contribution is 2.29. The van der Waals surface area contributed by atoms with Gasteiger partial charge in [0.25, 0.3) is 0 Å². The minimum atomic E-state index is -1.20. The fourth-order valence-corrected chi connectivity index (χ4v) is 1.91. The molecule has 2 aromatic carbocycles. The van der Waals surface area contributed by atoms with Crippen LogP contribution in [0.5, 0.6) is 11.5 Å². The first-order valence-corrected chi connectivity index (χ1v) is 6.48. The van der Waals surface area contributed by atoms with Crippen molar-refractivity contribution in [1.29, 1.82) is 0 Å². The number of anilines is 1. The minimum absolute atomic E-state index is 0.0773. The van der Waals surface area contributed by atoms with Gasteiger partial charge in [0.15, 0.2) is 0 Å². The molecule has 2 rings (SSSR count). The standard InChI is InChI=1S/C16H18N2O3/c1-16(17,11-6-4-3-5-7-11)15(20)18-13-9-8-12(21-2)10-14(13)19/h3-10,19H,17H2,1-2H3,(H,18,20). The zero-order valence-corrected chi connectivity index (χ0v) is 12.0. The number of carbonyl (C=O) groups excluding carboxylic acids is 1. The number of phenols is 1. The van der Waals surface area contributed by atoms with E-state index < -0.39 is 11.4 Å². The molecule has 4 N–H and O–H groups in total. The number of nitrogens with one attached hydrogen (secondary N) is 1. The van der Waals surface area contributed by atoms with Crippen LogP contribution in [0.2, 0.25) is 0 Å². The molecular weight excluding hydrogens is 268 g/mol. The highest BCUT2D eigenvalue weighted by Gasteiger charge is 2.30. The molecule has 0 heterocycles. The van der Waals surface area contributed by atoms with Gasteiger partial charge >= 0.3 is 0 Å². The van der Waals surface area contributed by atoms with E-state index in [1.54, 1.807) is 31.2 Å². The van der Waals surface area contributed by atoms with Gasteiger partial charge in [0.1, 0.15) is 17.0 Å². The average Bonchev–Trinajstić information content (AvgIpc) is 2.50. The number of hydrogen-bond acceptors (Lipinski definition) is 4. The molecule has 0 saturated carbocycles. The van der Waals surface area contributed by atoms with Gasteiger partial charge in [-0.3, -0.25) is 4.79 Å². The Morgan fingerprint density at radius 3 is 2.48 bits per heavy atom. The Balaban J connectivity index is 2.21. The molecule has 0 spiro atoms. The number of nitrogens with two attached hydrogens (primary N) is 1. The summed E-state index contributed by atoms with van der Waals surface area (Å²) in [6.07, 6.45) is 0. The van der Waals surface area contributed by atoms with Crippen molar-refractivity contribution in [2.75, 3.05) is 12.4 Å². The molecule has 0 radical (unpaired) electrons. The Morgan fingerprint density at radius 1 is 1.24 bits per heavy atom. The average molecular weight is 286 g/mol. The molecule has 0 aromatic heterocycles. The van der Waals surface area contributed by atoms with E-state index in [1.165, 1.54) is 13.2 Å². The predicted octanol–water partition coefficient (Wildman–Crippen LogP) is 2.21. The fraction of sp³-hybridized carbons (Fsp3) is 0.188. The van der Waals surface area contributed by atoms with Gasteiger partial charge in [-0.15, -0.1) is 0 Å². The Kier molecular flexibility index (Phi) is 4.14. The van der Waals surface area contributed by atoms with Crippen LogP contribution in [-0.4, -0.2) is 18.1 Å². The number of methoxy groups -OCH3 is 1. The summed E-state index contributed by atoms with van der Waals surface area (Å²) >= 11 is 0. The Hall–Kier alpha value is -2.53. The second-order valence-electron chi connectivity index (χ2n) is 4.91. The van der Waals surface area contributed by atoms with Gasteiger partial charge in [-0.1, -0.05) is 30.3 Å². The van der Waals surface area contributed by atoms with Crippen LogP contribution in [0.15, 0.2) is 48.5 Å². The van der Waals surface area contributed by atoms with Crippen LogP contribution in [0.25, 0.3) is 0 Å². The summed E-state index contributed by atoms with van der Waals surface area (Å²) < 4.78 is 4.99. The largest absolute Gasteiger partial charge is 0.506 e. The highest BCUT2D eigenvalue weighted by molar-refractivity contribution is 5.99. The summed E-state index contributed by atoms with van der Waals surface area (Å²) in [6.45, 7) is 1.62. The van der Waals surface area contributed by atoms with Gasteiger partial charge in [0.05, 0.1) is 12.8 Å². The Bertz CT molecular complexity index is 639. The molecule has 2 aromatic rings. The van der Waals surface area contributed by atoms with Crippen molar-refractivity contribution in [2.45, 2.75) is 12.5 Å². The maximum atomic E-state index is 12.4. The van der Waals surface area contributed by atoms with Crippen LogP contribution in [0, 0.1) is 0 Å². The molecule has 1 unspecified atom stereocenters. The van der Waals surface area contributed by atoms with E-state index in [-0.39, 0.29) is 11.4 Å². The smallest absolute Gasteiger partial charge is 0.248 e. The van der Waals surface area contributed by atoms with Crippen molar-refractivity contribution in [1.82, 2.24) is 0 Å². The molecule has 0 bridgehead atoms. The van der Waals surface area contributed by atoms with Gasteiger partial charge in [-0.25, -0.2) is 0 Å². The number of aromatic hydroxyl groups is 1. The number of carbonyl (C=O) groups is 1. The lowest BCUT2D eigenvalue weighted by Gasteiger charge is -2.24. The molecule has 5 nitrogen and oxygen atoms in total. The van der Waals surface area contributed by atoms with Gasteiger partial charge in [0, 0.05) is 6.07 Å². The normalized spacial score (nSPS) is 13.3. The maximum absolute atomic E-state index is 12.4. The lowest BCUT2D eigenvalue weighted by Crippen LogP contribution is -2.45. The summed E-state index contributed by atoms with van der Waals surface area (Å²) in [4.78, 5) is 12.4. The minimum Gasteiger partial charge on any atom is -0.506 e. The second-order valence-corrected chi connectivity index (χ2v) is 4.91. The number of rotatable bonds is 4. The first kappa shape index (κ1) is 14.9. The fourth-order valence-electron chi connectivity index (χ4n) is 1.91. The summed E-state index contributed by atoms with van der Waals surface area (Å²) in [5.74, 6) is 0.0183. The summed E-state index contributed by atoms with van der Waals surface area (Å²) in [7, 11) is 1.50. The van der Waals surface area contributed by atoms with Crippen LogP contribution in [0.1, 0.15) is 12.5 Å². The third kappa shape index (κ3) is 3.14. The Morgan fingerprint density at radius 2 is 1.90 bits per heavy atom. The van der Waals surface area contributed by atoms with Gasteiger partial charge in [0.2, 0.25) is 5.91 Å². The molecular formula is C16H18N2O3. The van der Waals surface area contributed by atoms with Crippen molar-refractivity contribution < 1.29 is 14.6 Å². The number of hydrogen-bond donors (Lipinski definition) is 3. The van der Waals surface area contributed by atoms with Crippen molar-refractivity contribution in [3.8, 4) is 11.5 Å². The van der Waals surface area contributed by atoms with E-state index in [4.69, 9.17) is 10.5 Å². The second kappa shape index (κ2) is 5.85. The van der Waals surface area contributed by atoms with E-state index in [0.29, 0.717) is 11.3 Å². The predicted molar refractivity (Wildman–Crippen MR) is 81.3 cm³/mol.